The Morgan fingerprint density at radius 2 is 1.68 bits per heavy atom. The summed E-state index contributed by atoms with van der Waals surface area (Å²) in [5.74, 6) is -2.30. The highest BCUT2D eigenvalue weighted by molar-refractivity contribution is 7.89. The van der Waals surface area contributed by atoms with Crippen LogP contribution in [0, 0.1) is 5.82 Å². The average Bonchev–Trinajstić information content (AvgIpc) is 3.34. The van der Waals surface area contributed by atoms with Crippen LogP contribution in [0.4, 0.5) is 4.39 Å². The van der Waals surface area contributed by atoms with E-state index in [-0.39, 0.29) is 34.5 Å². The molecule has 3 aromatic heterocycles. The van der Waals surface area contributed by atoms with Gasteiger partial charge in [-0.1, -0.05) is 12.1 Å². The van der Waals surface area contributed by atoms with E-state index < -0.39 is 33.3 Å². The van der Waals surface area contributed by atoms with Crippen molar-refractivity contribution in [1.82, 2.24) is 34.4 Å². The molecule has 1 N–H and O–H groups in total. The van der Waals surface area contributed by atoms with Gasteiger partial charge >= 0.3 is 5.91 Å². The molecule has 15 heteroatoms. The van der Waals surface area contributed by atoms with E-state index in [2.05, 4.69) is 25.1 Å². The van der Waals surface area contributed by atoms with Crippen LogP contribution in [0.3, 0.4) is 0 Å². The molecular weight excluding hydrogens is 521 g/mol. The van der Waals surface area contributed by atoms with Crippen LogP contribution in [-0.2, 0) is 15.8 Å². The molecule has 0 saturated heterocycles. The highest BCUT2D eigenvalue weighted by atomic mass is 32.2. The Morgan fingerprint density at radius 1 is 1.03 bits per heavy atom. The Bertz CT molecular complexity index is 1540. The number of nitrogens with zero attached hydrogens (tertiary/aromatic N) is 6. The first-order valence-electron chi connectivity index (χ1n) is 11.0. The molecule has 0 atom stereocenters. The number of hydrogen-bond acceptors (Lipinski definition) is 11. The van der Waals surface area contributed by atoms with Crippen molar-refractivity contribution in [3.05, 3.63) is 66.3 Å². The van der Waals surface area contributed by atoms with Crippen LogP contribution in [-0.4, -0.2) is 64.9 Å². The third-order valence-corrected chi connectivity index (χ3v) is 6.11. The lowest BCUT2D eigenvalue weighted by Gasteiger charge is -2.17. The third-order valence-electron chi connectivity index (χ3n) is 4.98. The predicted molar refractivity (Wildman–Crippen MR) is 131 cm³/mol. The van der Waals surface area contributed by atoms with Gasteiger partial charge in [-0.2, -0.15) is 0 Å². The van der Waals surface area contributed by atoms with Crippen LogP contribution in [0.25, 0.3) is 17.2 Å². The topological polar surface area (TPSA) is 160 Å². The number of carbonyl (C=O) groups excluding carboxylic acids is 1. The molecule has 0 radical (unpaired) electrons. The first-order valence-corrected chi connectivity index (χ1v) is 12.7. The number of methoxy groups -OCH3 is 2. The van der Waals surface area contributed by atoms with Gasteiger partial charge in [0.05, 0.1) is 33.2 Å². The number of sulfonamides is 1. The van der Waals surface area contributed by atoms with Crippen LogP contribution >= 0.6 is 0 Å². The molecule has 4 rings (SSSR count). The van der Waals surface area contributed by atoms with Gasteiger partial charge in [0.25, 0.3) is 0 Å². The highest BCUT2D eigenvalue weighted by Crippen LogP contribution is 2.36. The summed E-state index contributed by atoms with van der Waals surface area (Å²) in [5, 5.41) is 8.08. The zero-order valence-electron chi connectivity index (χ0n) is 20.5. The van der Waals surface area contributed by atoms with Crippen molar-refractivity contribution in [2.24, 2.45) is 0 Å². The molecule has 0 aliphatic rings. The van der Waals surface area contributed by atoms with Crippen LogP contribution in [0.5, 0.6) is 17.4 Å². The SMILES string of the molecule is CCOc1cccc(-c2nnc(C(=O)NS(=O)(=O)Cc3ncc(F)cn3)n2-c2c(OC)cccc2OC)n1. The quantitative estimate of drug-likeness (QED) is 0.311. The summed E-state index contributed by atoms with van der Waals surface area (Å²) < 4.78 is 58.2. The zero-order valence-corrected chi connectivity index (χ0v) is 21.3. The van der Waals surface area contributed by atoms with E-state index in [1.807, 2.05) is 4.72 Å². The lowest BCUT2D eigenvalue weighted by molar-refractivity contribution is 0.0969. The zero-order chi connectivity index (χ0) is 27.3. The fourth-order valence-corrected chi connectivity index (χ4v) is 4.37. The molecule has 0 fully saturated rings. The number of amides is 1. The lowest BCUT2D eigenvalue weighted by atomic mass is 10.2. The Hall–Kier alpha value is -4.66. The number of nitrogens with one attached hydrogen (secondary N) is 1. The maximum Gasteiger partial charge on any atom is 0.303 e. The Morgan fingerprint density at radius 3 is 2.32 bits per heavy atom. The molecule has 0 bridgehead atoms. The number of halogens is 1. The van der Waals surface area contributed by atoms with Gasteiger partial charge in [-0.25, -0.2) is 32.5 Å². The van der Waals surface area contributed by atoms with Crippen molar-refractivity contribution in [2.75, 3.05) is 20.8 Å². The molecule has 13 nitrogen and oxygen atoms in total. The van der Waals surface area contributed by atoms with Crippen molar-refractivity contribution < 1.29 is 31.8 Å². The number of ether oxygens (including phenoxy) is 3. The van der Waals surface area contributed by atoms with E-state index in [0.717, 1.165) is 12.4 Å². The molecule has 0 saturated carbocycles. The maximum atomic E-state index is 13.3. The minimum atomic E-state index is -4.32. The number of hydrogen-bond donors (Lipinski definition) is 1. The second kappa shape index (κ2) is 11.2. The van der Waals surface area contributed by atoms with Crippen molar-refractivity contribution in [3.63, 3.8) is 0 Å². The number of aromatic nitrogens is 6. The van der Waals surface area contributed by atoms with E-state index in [4.69, 9.17) is 14.2 Å². The standard InChI is InChI=1S/C23H22FN7O6S/c1-4-37-19-10-5-7-15(27-19)21-28-29-22(31(21)20-16(35-2)8-6-9-17(20)36-3)23(32)30-38(33,34)13-18-25-11-14(24)12-26-18/h5-12H,4,13H2,1-3H3,(H,30,32). The molecule has 1 amide bonds. The lowest BCUT2D eigenvalue weighted by Crippen LogP contribution is -2.34. The van der Waals surface area contributed by atoms with Gasteiger partial charge in [0, 0.05) is 6.07 Å². The molecule has 0 spiro atoms. The van der Waals surface area contributed by atoms with Crippen molar-refractivity contribution in [3.8, 4) is 34.6 Å². The molecular formula is C23H22FN7O6S. The Kier molecular flexibility index (Phi) is 7.76. The van der Waals surface area contributed by atoms with E-state index in [1.54, 1.807) is 43.3 Å². The molecule has 3 heterocycles. The first-order chi connectivity index (χ1) is 18.3. The van der Waals surface area contributed by atoms with E-state index in [9.17, 15) is 17.6 Å². The smallest absolute Gasteiger partial charge is 0.303 e. The maximum absolute atomic E-state index is 13.3. The molecule has 0 aliphatic heterocycles. The first kappa shape index (κ1) is 26.4. The van der Waals surface area contributed by atoms with Crippen LogP contribution in [0.2, 0.25) is 0 Å². The van der Waals surface area contributed by atoms with Crippen LogP contribution in [0.1, 0.15) is 23.4 Å². The number of para-hydroxylation sites is 1. The third kappa shape index (κ3) is 5.67. The normalized spacial score (nSPS) is 11.2. The fraction of sp³-hybridized carbons (Fsp3) is 0.217. The number of rotatable bonds is 10. The monoisotopic (exact) mass is 543 g/mol. The molecule has 0 aliphatic carbocycles. The largest absolute Gasteiger partial charge is 0.494 e. The van der Waals surface area contributed by atoms with Crippen LogP contribution < -0.4 is 18.9 Å². The molecule has 0 unspecified atom stereocenters. The van der Waals surface area contributed by atoms with Crippen LogP contribution in [0.15, 0.2) is 48.8 Å². The highest BCUT2D eigenvalue weighted by Gasteiger charge is 2.29. The minimum Gasteiger partial charge on any atom is -0.494 e. The van der Waals surface area contributed by atoms with Gasteiger partial charge in [0.2, 0.25) is 21.7 Å². The van der Waals surface area contributed by atoms with Crippen molar-refractivity contribution in [2.45, 2.75) is 12.7 Å². The van der Waals surface area contributed by atoms with Crippen molar-refractivity contribution in [1.29, 1.82) is 0 Å². The number of carbonyl (C=O) groups is 1. The summed E-state index contributed by atoms with van der Waals surface area (Å²) in [6.07, 6.45) is 1.64. The molecule has 38 heavy (non-hydrogen) atoms. The number of pyridine rings is 1. The van der Waals surface area contributed by atoms with Crippen molar-refractivity contribution >= 4 is 15.9 Å². The molecule has 4 aromatic rings. The summed E-state index contributed by atoms with van der Waals surface area (Å²) in [7, 11) is -1.48. The molecule has 1 aromatic carbocycles. The summed E-state index contributed by atoms with van der Waals surface area (Å²) in [5.41, 5.74) is 0.503. The Labute approximate surface area is 216 Å². The second-order valence-corrected chi connectivity index (χ2v) is 9.22. The number of benzene rings is 1. The second-order valence-electron chi connectivity index (χ2n) is 7.50. The van der Waals surface area contributed by atoms with Gasteiger partial charge in [-0.05, 0) is 25.1 Å². The summed E-state index contributed by atoms with van der Waals surface area (Å²) in [6, 6.07) is 9.86. The summed E-state index contributed by atoms with van der Waals surface area (Å²) in [6.45, 7) is 2.17. The van der Waals surface area contributed by atoms with E-state index in [0.29, 0.717) is 12.5 Å². The average molecular weight is 544 g/mol. The van der Waals surface area contributed by atoms with Gasteiger partial charge in [-0.3, -0.25) is 9.36 Å². The van der Waals surface area contributed by atoms with E-state index in [1.165, 1.54) is 18.8 Å². The summed E-state index contributed by atoms with van der Waals surface area (Å²) in [4.78, 5) is 24.9. The fourth-order valence-electron chi connectivity index (χ4n) is 3.44. The van der Waals surface area contributed by atoms with Gasteiger partial charge in [-0.15, -0.1) is 10.2 Å². The predicted octanol–water partition coefficient (Wildman–Crippen LogP) is 1.93. The van der Waals surface area contributed by atoms with Gasteiger partial charge < -0.3 is 14.2 Å². The van der Waals surface area contributed by atoms with Gasteiger partial charge in [0.15, 0.2) is 11.6 Å². The van der Waals surface area contributed by atoms with Gasteiger partial charge in [0.1, 0.15) is 34.5 Å². The van der Waals surface area contributed by atoms with E-state index >= 15 is 0 Å². The minimum absolute atomic E-state index is 0.0822. The molecule has 198 valence electrons. The summed E-state index contributed by atoms with van der Waals surface area (Å²) >= 11 is 0. The Balaban J connectivity index is 1.82.